The van der Waals surface area contributed by atoms with Gasteiger partial charge >= 0.3 is 6.61 Å². The van der Waals surface area contributed by atoms with Gasteiger partial charge < -0.3 is 9.84 Å². The number of aliphatic hydroxyl groups excluding tert-OH is 1. The van der Waals surface area contributed by atoms with E-state index in [0.717, 1.165) is 48.3 Å². The number of hydrogen-bond acceptors (Lipinski definition) is 5. The zero-order valence-corrected chi connectivity index (χ0v) is 20.9. The van der Waals surface area contributed by atoms with E-state index in [-0.39, 0.29) is 17.8 Å². The standard InChI is InChI=1S/C28H32F2N4O2/c1-19-11-20(13-31)6-9-25(19)34-16-23(14-32-34)21-7-8-22(26(12-21)36-27(29)30)15-33-10-4-5-24(17-33)28(2,3)18-35/h6-9,11-12,14,16,24,27,35H,4-5,10,15,17-18H2,1-3H3/t24-/m0/s1. The Hall–Kier alpha value is -3.28. The van der Waals surface area contributed by atoms with Crippen LogP contribution in [0.25, 0.3) is 16.8 Å². The van der Waals surface area contributed by atoms with Crippen molar-refractivity contribution in [2.45, 2.75) is 46.8 Å². The highest BCUT2D eigenvalue weighted by Gasteiger charge is 2.33. The fourth-order valence-electron chi connectivity index (χ4n) is 4.86. The molecule has 0 amide bonds. The zero-order chi connectivity index (χ0) is 25.9. The maximum atomic E-state index is 13.3. The third-order valence-corrected chi connectivity index (χ3v) is 7.18. The number of rotatable bonds is 8. The molecule has 190 valence electrons. The molecule has 1 aliphatic heterocycles. The molecule has 0 radical (unpaired) electrons. The Balaban J connectivity index is 1.57. The van der Waals surface area contributed by atoms with E-state index in [2.05, 4.69) is 29.9 Å². The molecule has 1 atom stereocenters. The van der Waals surface area contributed by atoms with Crippen LogP contribution in [-0.2, 0) is 6.54 Å². The molecule has 0 unspecified atom stereocenters. The third-order valence-electron chi connectivity index (χ3n) is 7.18. The number of piperidine rings is 1. The van der Waals surface area contributed by atoms with Crippen LogP contribution < -0.4 is 4.74 Å². The SMILES string of the molecule is Cc1cc(C#N)ccc1-n1cc(-c2ccc(CN3CCC[C@H](C(C)(C)CO)C3)c(OC(F)F)c2)cn1. The summed E-state index contributed by atoms with van der Waals surface area (Å²) in [6.07, 6.45) is 5.57. The number of nitriles is 1. The Kier molecular flexibility index (Phi) is 7.72. The molecule has 0 saturated carbocycles. The molecule has 3 aromatic rings. The van der Waals surface area contributed by atoms with Crippen LogP contribution in [0.4, 0.5) is 8.78 Å². The molecule has 0 aliphatic carbocycles. The van der Waals surface area contributed by atoms with E-state index < -0.39 is 6.61 Å². The normalized spacial score (nSPS) is 16.8. The van der Waals surface area contributed by atoms with Crippen LogP contribution >= 0.6 is 0 Å². The minimum atomic E-state index is -2.93. The van der Waals surface area contributed by atoms with Crippen molar-refractivity contribution in [3.63, 3.8) is 0 Å². The van der Waals surface area contributed by atoms with Crippen molar-refractivity contribution in [2.24, 2.45) is 11.3 Å². The van der Waals surface area contributed by atoms with Gasteiger partial charge in [-0.15, -0.1) is 0 Å². The fraction of sp³-hybridized carbons (Fsp3) is 0.429. The summed E-state index contributed by atoms with van der Waals surface area (Å²) in [4.78, 5) is 2.25. The molecule has 1 N–H and O–H groups in total. The monoisotopic (exact) mass is 494 g/mol. The maximum Gasteiger partial charge on any atom is 0.387 e. The summed E-state index contributed by atoms with van der Waals surface area (Å²) < 4.78 is 33.3. The number of benzene rings is 2. The highest BCUT2D eigenvalue weighted by Crippen LogP contribution is 2.35. The predicted molar refractivity (Wildman–Crippen MR) is 134 cm³/mol. The van der Waals surface area contributed by atoms with Crippen molar-refractivity contribution in [3.05, 3.63) is 65.5 Å². The Morgan fingerprint density at radius 2 is 2.03 bits per heavy atom. The highest BCUT2D eigenvalue weighted by atomic mass is 19.3. The van der Waals surface area contributed by atoms with Crippen LogP contribution in [0.1, 0.15) is 43.4 Å². The van der Waals surface area contributed by atoms with Crippen LogP contribution in [0, 0.1) is 29.6 Å². The molecule has 36 heavy (non-hydrogen) atoms. The molecule has 0 spiro atoms. The second kappa shape index (κ2) is 10.8. The number of halogens is 2. The Labute approximate surface area is 210 Å². The van der Waals surface area contributed by atoms with E-state index in [9.17, 15) is 13.9 Å². The molecule has 1 aliphatic rings. The molecule has 4 rings (SSSR count). The van der Waals surface area contributed by atoms with Crippen LogP contribution in [0.3, 0.4) is 0 Å². The summed E-state index contributed by atoms with van der Waals surface area (Å²) in [7, 11) is 0. The van der Waals surface area contributed by atoms with Gasteiger partial charge in [0.2, 0.25) is 0 Å². The summed E-state index contributed by atoms with van der Waals surface area (Å²) >= 11 is 0. The highest BCUT2D eigenvalue weighted by molar-refractivity contribution is 5.65. The van der Waals surface area contributed by atoms with E-state index >= 15 is 0 Å². The van der Waals surface area contributed by atoms with Crippen LogP contribution in [0.15, 0.2) is 48.8 Å². The smallest absolute Gasteiger partial charge is 0.387 e. The lowest BCUT2D eigenvalue weighted by Gasteiger charge is -2.40. The van der Waals surface area contributed by atoms with E-state index in [0.29, 0.717) is 23.6 Å². The van der Waals surface area contributed by atoms with Crippen molar-refractivity contribution >= 4 is 0 Å². The number of aromatic nitrogens is 2. The first-order valence-electron chi connectivity index (χ1n) is 12.2. The van der Waals surface area contributed by atoms with Gasteiger partial charge in [0.15, 0.2) is 0 Å². The number of nitrogens with zero attached hydrogens (tertiary/aromatic N) is 4. The van der Waals surface area contributed by atoms with Gasteiger partial charge in [-0.05, 0) is 73.0 Å². The molecule has 1 aromatic heterocycles. The number of alkyl halides is 2. The zero-order valence-electron chi connectivity index (χ0n) is 20.9. The molecule has 6 nitrogen and oxygen atoms in total. The number of likely N-dealkylation sites (tertiary alicyclic amines) is 1. The second-order valence-electron chi connectivity index (χ2n) is 10.2. The Morgan fingerprint density at radius 3 is 2.72 bits per heavy atom. The topological polar surface area (TPSA) is 74.3 Å². The Bertz CT molecular complexity index is 1250. The number of aliphatic hydroxyl groups is 1. The van der Waals surface area contributed by atoms with Crippen molar-refractivity contribution in [3.8, 4) is 28.6 Å². The van der Waals surface area contributed by atoms with Gasteiger partial charge in [-0.2, -0.15) is 19.1 Å². The lowest BCUT2D eigenvalue weighted by atomic mass is 9.75. The van der Waals surface area contributed by atoms with Gasteiger partial charge in [-0.25, -0.2) is 4.68 Å². The molecule has 1 saturated heterocycles. The summed E-state index contributed by atoms with van der Waals surface area (Å²) in [5, 5.41) is 23.3. The average Bonchev–Trinajstić information content (AvgIpc) is 3.35. The van der Waals surface area contributed by atoms with Gasteiger partial charge in [-0.3, -0.25) is 4.90 Å². The lowest BCUT2D eigenvalue weighted by molar-refractivity contribution is -0.0509. The maximum absolute atomic E-state index is 13.3. The van der Waals surface area contributed by atoms with Crippen molar-refractivity contribution < 1.29 is 18.6 Å². The quantitative estimate of drug-likeness (QED) is 0.444. The molecule has 8 heteroatoms. The van der Waals surface area contributed by atoms with E-state index in [1.54, 1.807) is 29.1 Å². The first-order valence-corrected chi connectivity index (χ1v) is 12.2. The molecule has 2 heterocycles. The molecule has 2 aromatic carbocycles. The number of aryl methyl sites for hydroxylation is 1. The van der Waals surface area contributed by atoms with Crippen molar-refractivity contribution in [1.82, 2.24) is 14.7 Å². The van der Waals surface area contributed by atoms with E-state index in [1.165, 1.54) is 0 Å². The van der Waals surface area contributed by atoms with E-state index in [1.807, 2.05) is 31.3 Å². The summed E-state index contributed by atoms with van der Waals surface area (Å²) in [6, 6.07) is 12.9. The van der Waals surface area contributed by atoms with Gasteiger partial charge in [0.05, 0.1) is 23.5 Å². The first kappa shape index (κ1) is 25.8. The van der Waals surface area contributed by atoms with Gasteiger partial charge in [0.1, 0.15) is 5.75 Å². The lowest BCUT2D eigenvalue weighted by Crippen LogP contribution is -2.42. The summed E-state index contributed by atoms with van der Waals surface area (Å²) in [6.45, 7) is 5.44. The van der Waals surface area contributed by atoms with Crippen LogP contribution in [0.2, 0.25) is 0 Å². The third kappa shape index (κ3) is 5.75. The largest absolute Gasteiger partial charge is 0.434 e. The summed E-state index contributed by atoms with van der Waals surface area (Å²) in [5.41, 5.74) is 4.34. The van der Waals surface area contributed by atoms with Gasteiger partial charge in [0.25, 0.3) is 0 Å². The number of hydrogen-bond donors (Lipinski definition) is 1. The minimum Gasteiger partial charge on any atom is -0.434 e. The fourth-order valence-corrected chi connectivity index (χ4v) is 4.86. The summed E-state index contributed by atoms with van der Waals surface area (Å²) in [5.74, 6) is 0.500. The van der Waals surface area contributed by atoms with Crippen molar-refractivity contribution in [2.75, 3.05) is 19.7 Å². The average molecular weight is 495 g/mol. The number of ether oxygens (including phenoxy) is 1. The second-order valence-corrected chi connectivity index (χ2v) is 10.2. The molecule has 1 fully saturated rings. The predicted octanol–water partition coefficient (Wildman–Crippen LogP) is 5.55. The Morgan fingerprint density at radius 1 is 1.22 bits per heavy atom. The molecule has 0 bridgehead atoms. The molecular weight excluding hydrogens is 462 g/mol. The van der Waals surface area contributed by atoms with E-state index in [4.69, 9.17) is 10.00 Å². The first-order chi connectivity index (χ1) is 17.2. The van der Waals surface area contributed by atoms with Gasteiger partial charge in [0, 0.05) is 37.0 Å². The van der Waals surface area contributed by atoms with Crippen molar-refractivity contribution in [1.29, 1.82) is 5.26 Å². The molecular formula is C28H32F2N4O2. The van der Waals surface area contributed by atoms with Crippen LogP contribution in [0.5, 0.6) is 5.75 Å². The minimum absolute atomic E-state index is 0.121. The van der Waals surface area contributed by atoms with Gasteiger partial charge in [-0.1, -0.05) is 26.0 Å². The van der Waals surface area contributed by atoms with Crippen LogP contribution in [-0.4, -0.2) is 46.1 Å².